The lowest BCUT2D eigenvalue weighted by Crippen LogP contribution is -2.47. The van der Waals surface area contributed by atoms with Crippen LogP contribution in [0, 0.1) is 5.92 Å². The zero-order valence-corrected chi connectivity index (χ0v) is 19.2. The number of alkyl carbamates (subject to hydrolysis) is 1. The Balaban J connectivity index is 1.23. The minimum Gasteiger partial charge on any atom is -0.481 e. The van der Waals surface area contributed by atoms with Crippen molar-refractivity contribution in [2.24, 2.45) is 5.92 Å². The summed E-state index contributed by atoms with van der Waals surface area (Å²) in [5, 5.41) is 11.7. The Labute approximate surface area is 198 Å². The van der Waals surface area contributed by atoms with E-state index in [2.05, 4.69) is 29.6 Å². The molecular formula is C26H30N2O6. The Morgan fingerprint density at radius 1 is 1.12 bits per heavy atom. The van der Waals surface area contributed by atoms with Crippen molar-refractivity contribution < 1.29 is 29.0 Å². The third kappa shape index (κ3) is 5.56. The molecule has 4 rings (SSSR count). The van der Waals surface area contributed by atoms with Crippen molar-refractivity contribution in [1.82, 2.24) is 10.2 Å². The minimum atomic E-state index is -0.944. The Hall–Kier alpha value is -3.39. The first-order chi connectivity index (χ1) is 16.4. The monoisotopic (exact) mass is 466 g/mol. The molecule has 2 aromatic carbocycles. The van der Waals surface area contributed by atoms with Gasteiger partial charge in [0.05, 0.1) is 19.1 Å². The van der Waals surface area contributed by atoms with Crippen molar-refractivity contribution in [3.05, 3.63) is 59.7 Å². The van der Waals surface area contributed by atoms with E-state index >= 15 is 0 Å². The van der Waals surface area contributed by atoms with Crippen molar-refractivity contribution in [3.8, 4) is 11.1 Å². The fraction of sp³-hybridized carbons (Fsp3) is 0.423. The number of morpholine rings is 1. The number of hydrogen-bond acceptors (Lipinski definition) is 5. The van der Waals surface area contributed by atoms with Gasteiger partial charge in [-0.3, -0.25) is 9.59 Å². The molecule has 1 heterocycles. The highest BCUT2D eigenvalue weighted by atomic mass is 16.5. The molecule has 180 valence electrons. The summed E-state index contributed by atoms with van der Waals surface area (Å²) in [7, 11) is 0. The number of nitrogens with one attached hydrogen (secondary N) is 1. The number of benzene rings is 2. The summed E-state index contributed by atoms with van der Waals surface area (Å²) in [4.78, 5) is 37.5. The third-order valence-electron chi connectivity index (χ3n) is 6.36. The van der Waals surface area contributed by atoms with Crippen LogP contribution in [0.2, 0.25) is 0 Å². The van der Waals surface area contributed by atoms with Crippen LogP contribution in [0.5, 0.6) is 0 Å². The number of hydrogen-bond donors (Lipinski definition) is 2. The molecule has 8 nitrogen and oxygen atoms in total. The van der Waals surface area contributed by atoms with Crippen molar-refractivity contribution in [2.75, 3.05) is 32.8 Å². The Morgan fingerprint density at radius 3 is 2.41 bits per heavy atom. The van der Waals surface area contributed by atoms with E-state index in [0.717, 1.165) is 11.1 Å². The molecule has 2 atom stereocenters. The van der Waals surface area contributed by atoms with Gasteiger partial charge in [0, 0.05) is 32.0 Å². The number of fused-ring (bicyclic) bond motifs is 3. The van der Waals surface area contributed by atoms with Crippen LogP contribution < -0.4 is 5.32 Å². The molecule has 8 heteroatoms. The molecule has 0 spiro atoms. The summed E-state index contributed by atoms with van der Waals surface area (Å²) in [6, 6.07) is 16.3. The Bertz CT molecular complexity index is 1010. The van der Waals surface area contributed by atoms with Gasteiger partial charge in [-0.05, 0) is 28.2 Å². The van der Waals surface area contributed by atoms with E-state index in [0.29, 0.717) is 19.7 Å². The second kappa shape index (κ2) is 10.7. The van der Waals surface area contributed by atoms with E-state index in [1.165, 1.54) is 11.1 Å². The van der Waals surface area contributed by atoms with Gasteiger partial charge in [0.15, 0.2) is 0 Å². The molecule has 0 bridgehead atoms. The lowest BCUT2D eigenvalue weighted by Gasteiger charge is -2.33. The maximum atomic E-state index is 12.6. The number of carbonyl (C=O) groups is 3. The number of carbonyl (C=O) groups excluding carboxylic acids is 2. The van der Waals surface area contributed by atoms with Crippen LogP contribution in [0.15, 0.2) is 48.5 Å². The van der Waals surface area contributed by atoms with Crippen LogP contribution in [0.25, 0.3) is 11.1 Å². The van der Waals surface area contributed by atoms with Gasteiger partial charge < -0.3 is 24.8 Å². The maximum absolute atomic E-state index is 12.6. The SMILES string of the molecule is CC(CNC(=O)OCC1c2ccccc2-c2ccccc21)CC(=O)N1CCOC(CC(=O)O)C1. The number of nitrogens with zero attached hydrogens (tertiary/aromatic N) is 1. The van der Waals surface area contributed by atoms with Gasteiger partial charge in [-0.2, -0.15) is 0 Å². The number of carboxylic acids is 1. The zero-order chi connectivity index (χ0) is 24.1. The molecule has 0 radical (unpaired) electrons. The molecule has 1 aliphatic heterocycles. The second-order valence-corrected chi connectivity index (χ2v) is 8.95. The van der Waals surface area contributed by atoms with Crippen molar-refractivity contribution in [1.29, 1.82) is 0 Å². The summed E-state index contributed by atoms with van der Waals surface area (Å²) in [6.07, 6.45) is -0.856. The average molecular weight is 467 g/mol. The highest BCUT2D eigenvalue weighted by Gasteiger charge is 2.29. The number of amides is 2. The molecule has 1 saturated heterocycles. The molecule has 2 aromatic rings. The van der Waals surface area contributed by atoms with Crippen LogP contribution in [-0.4, -0.2) is 66.9 Å². The van der Waals surface area contributed by atoms with Gasteiger partial charge in [-0.1, -0.05) is 55.5 Å². The smallest absolute Gasteiger partial charge is 0.407 e. The van der Waals surface area contributed by atoms with Crippen molar-refractivity contribution in [3.63, 3.8) is 0 Å². The van der Waals surface area contributed by atoms with Crippen LogP contribution in [0.4, 0.5) is 4.79 Å². The van der Waals surface area contributed by atoms with Crippen LogP contribution in [-0.2, 0) is 19.1 Å². The quantitative estimate of drug-likeness (QED) is 0.619. The standard InChI is InChI=1S/C26H30N2O6/c1-17(12-24(29)28-10-11-33-18(15-28)13-25(30)31)14-27-26(32)34-16-23-21-8-4-2-6-19(21)20-7-3-5-9-22(20)23/h2-9,17-18,23H,10-16H2,1H3,(H,27,32)(H,30,31). The highest BCUT2D eigenvalue weighted by Crippen LogP contribution is 2.44. The molecule has 0 aromatic heterocycles. The van der Waals surface area contributed by atoms with E-state index in [1.807, 2.05) is 31.2 Å². The average Bonchev–Trinajstić information content (AvgIpc) is 3.15. The summed E-state index contributed by atoms with van der Waals surface area (Å²) in [5.41, 5.74) is 4.66. The molecule has 2 N–H and O–H groups in total. The van der Waals surface area contributed by atoms with E-state index in [-0.39, 0.29) is 43.7 Å². The summed E-state index contributed by atoms with van der Waals surface area (Å²) < 4.78 is 11.0. The van der Waals surface area contributed by atoms with Crippen LogP contribution in [0.1, 0.15) is 36.8 Å². The second-order valence-electron chi connectivity index (χ2n) is 8.95. The molecule has 2 amide bonds. The van der Waals surface area contributed by atoms with Gasteiger partial charge in [0.1, 0.15) is 6.61 Å². The third-order valence-corrected chi connectivity index (χ3v) is 6.36. The number of rotatable bonds is 8. The molecular weight excluding hydrogens is 436 g/mol. The number of aliphatic carboxylic acids is 1. The van der Waals surface area contributed by atoms with Gasteiger partial charge in [-0.25, -0.2) is 4.79 Å². The highest BCUT2D eigenvalue weighted by molar-refractivity contribution is 5.79. The molecule has 2 aliphatic rings. The molecule has 0 saturated carbocycles. The van der Waals surface area contributed by atoms with Gasteiger partial charge in [0.25, 0.3) is 0 Å². The van der Waals surface area contributed by atoms with E-state index in [4.69, 9.17) is 14.6 Å². The van der Waals surface area contributed by atoms with Crippen molar-refractivity contribution in [2.45, 2.75) is 31.8 Å². The van der Waals surface area contributed by atoms with Gasteiger partial charge in [-0.15, -0.1) is 0 Å². The maximum Gasteiger partial charge on any atom is 0.407 e. The van der Waals surface area contributed by atoms with E-state index in [1.54, 1.807) is 4.90 Å². The summed E-state index contributed by atoms with van der Waals surface area (Å²) in [5.74, 6) is -1.11. The minimum absolute atomic E-state index is 0.00257. The summed E-state index contributed by atoms with van der Waals surface area (Å²) >= 11 is 0. The molecule has 2 unspecified atom stereocenters. The number of ether oxygens (including phenoxy) is 2. The first-order valence-electron chi connectivity index (χ1n) is 11.6. The zero-order valence-electron chi connectivity index (χ0n) is 19.2. The van der Waals surface area contributed by atoms with Crippen LogP contribution in [0.3, 0.4) is 0 Å². The lowest BCUT2D eigenvalue weighted by atomic mass is 9.98. The molecule has 1 aliphatic carbocycles. The first kappa shape index (κ1) is 23.8. The molecule has 34 heavy (non-hydrogen) atoms. The lowest BCUT2D eigenvalue weighted by molar-refractivity contribution is -0.148. The van der Waals surface area contributed by atoms with Crippen LogP contribution >= 0.6 is 0 Å². The predicted octanol–water partition coefficient (Wildman–Crippen LogP) is 3.25. The molecule has 1 fully saturated rings. The number of carboxylic acid groups (broad SMARTS) is 1. The fourth-order valence-electron chi connectivity index (χ4n) is 4.67. The van der Waals surface area contributed by atoms with E-state index < -0.39 is 18.2 Å². The van der Waals surface area contributed by atoms with Crippen molar-refractivity contribution >= 4 is 18.0 Å². The fourth-order valence-corrected chi connectivity index (χ4v) is 4.67. The topological polar surface area (TPSA) is 105 Å². The predicted molar refractivity (Wildman–Crippen MR) is 125 cm³/mol. The van der Waals surface area contributed by atoms with Gasteiger partial charge >= 0.3 is 12.1 Å². The Kier molecular flexibility index (Phi) is 7.47. The largest absolute Gasteiger partial charge is 0.481 e. The summed E-state index contributed by atoms with van der Waals surface area (Å²) in [6.45, 7) is 3.49. The van der Waals surface area contributed by atoms with E-state index in [9.17, 15) is 14.4 Å². The normalized spacial score (nSPS) is 18.0. The first-order valence-corrected chi connectivity index (χ1v) is 11.6. The van der Waals surface area contributed by atoms with Gasteiger partial charge in [0.2, 0.25) is 5.91 Å². The Morgan fingerprint density at radius 2 is 1.76 bits per heavy atom.